The van der Waals surface area contributed by atoms with E-state index in [4.69, 9.17) is 0 Å². The van der Waals surface area contributed by atoms with Gasteiger partial charge in [-0.15, -0.1) is 0 Å². The lowest BCUT2D eigenvalue weighted by molar-refractivity contribution is -0.873. The summed E-state index contributed by atoms with van der Waals surface area (Å²) in [5.74, 6) is 0. The van der Waals surface area contributed by atoms with Crippen molar-refractivity contribution in [3.63, 3.8) is 0 Å². The number of allylic oxidation sites excluding steroid dienone is 2. The van der Waals surface area contributed by atoms with E-state index < -0.39 is 0 Å². The molecule has 1 aliphatic rings. The molecule has 0 aliphatic carbocycles. The molecule has 1 aliphatic heterocycles. The van der Waals surface area contributed by atoms with Crippen LogP contribution in [0.25, 0.3) is 6.08 Å². The highest BCUT2D eigenvalue weighted by atomic mass is 127. The summed E-state index contributed by atoms with van der Waals surface area (Å²) in [6.07, 6.45) is 12.0. The number of nitrogens with zero attached hydrogens (tertiary/aromatic N) is 3. The van der Waals surface area contributed by atoms with Crippen LogP contribution in [0.2, 0.25) is 0 Å². The Morgan fingerprint density at radius 1 is 1.04 bits per heavy atom. The van der Waals surface area contributed by atoms with E-state index in [0.717, 1.165) is 11.0 Å². The molecule has 0 saturated carbocycles. The molecule has 2 aromatic rings. The number of aryl methyl sites for hydroxylation is 1. The van der Waals surface area contributed by atoms with Crippen LogP contribution in [0.3, 0.4) is 0 Å². The van der Waals surface area contributed by atoms with Crippen LogP contribution in [0.1, 0.15) is 12.0 Å². The van der Waals surface area contributed by atoms with Gasteiger partial charge in [0.1, 0.15) is 0 Å². The number of anilines is 1. The van der Waals surface area contributed by atoms with E-state index >= 15 is 0 Å². The number of thioether (sulfide) groups is 1. The number of fused-ring (bicyclic) bond motifs is 1. The molecular weight excluding hydrogens is 592 g/mol. The summed E-state index contributed by atoms with van der Waals surface area (Å²) in [7, 11) is 8.85. The van der Waals surface area contributed by atoms with E-state index in [9.17, 15) is 0 Å². The Labute approximate surface area is 208 Å². The second kappa shape index (κ2) is 11.6. The molecule has 152 valence electrons. The molecule has 0 radical (unpaired) electrons. The van der Waals surface area contributed by atoms with Crippen molar-refractivity contribution in [2.45, 2.75) is 17.9 Å². The minimum absolute atomic E-state index is 0. The molecule has 1 aromatic heterocycles. The third kappa shape index (κ3) is 7.35. The summed E-state index contributed by atoms with van der Waals surface area (Å²) in [6, 6.07) is 12.9. The van der Waals surface area contributed by atoms with Gasteiger partial charge in [0.15, 0.2) is 18.9 Å². The van der Waals surface area contributed by atoms with Gasteiger partial charge in [-0.05, 0) is 23.8 Å². The van der Waals surface area contributed by atoms with Gasteiger partial charge in [0.2, 0.25) is 0 Å². The summed E-state index contributed by atoms with van der Waals surface area (Å²) in [4.78, 5) is 3.57. The lowest BCUT2D eigenvalue weighted by atomic mass is 10.2. The van der Waals surface area contributed by atoms with Gasteiger partial charge in [0, 0.05) is 24.1 Å². The predicted octanol–water partition coefficient (Wildman–Crippen LogP) is -1.82. The fraction of sp³-hybridized carbons (Fsp3) is 0.318. The molecule has 0 N–H and O–H groups in total. The maximum Gasteiger partial charge on any atom is 0.169 e. The van der Waals surface area contributed by atoms with Crippen LogP contribution in [-0.4, -0.2) is 39.2 Å². The normalized spacial score (nSPS) is 14.7. The first-order valence-corrected chi connectivity index (χ1v) is 9.93. The molecular formula is C22H29I2N3S. The van der Waals surface area contributed by atoms with Gasteiger partial charge in [-0.2, -0.15) is 0 Å². The number of hydrogen-bond acceptors (Lipinski definition) is 2. The monoisotopic (exact) mass is 621 g/mol. The summed E-state index contributed by atoms with van der Waals surface area (Å²) < 4.78 is 3.29. The van der Waals surface area contributed by atoms with Crippen molar-refractivity contribution < 1.29 is 57.0 Å². The summed E-state index contributed by atoms with van der Waals surface area (Å²) in [5.41, 5.74) is 2.51. The smallest absolute Gasteiger partial charge is 0.169 e. The van der Waals surface area contributed by atoms with Crippen molar-refractivity contribution in [2.75, 3.05) is 39.6 Å². The van der Waals surface area contributed by atoms with Crippen molar-refractivity contribution in [3.8, 4) is 0 Å². The maximum atomic E-state index is 2.27. The molecule has 0 atom stereocenters. The second-order valence-corrected chi connectivity index (χ2v) is 8.79. The number of rotatable bonds is 6. The largest absolute Gasteiger partial charge is 1.00 e. The van der Waals surface area contributed by atoms with E-state index in [2.05, 4.69) is 105 Å². The summed E-state index contributed by atoms with van der Waals surface area (Å²) >= 11 is 1.82. The van der Waals surface area contributed by atoms with Crippen LogP contribution >= 0.6 is 11.8 Å². The van der Waals surface area contributed by atoms with Crippen molar-refractivity contribution in [1.29, 1.82) is 0 Å². The zero-order valence-corrected chi connectivity index (χ0v) is 22.1. The zero-order chi connectivity index (χ0) is 18.6. The first-order chi connectivity index (χ1) is 12.4. The third-order valence-corrected chi connectivity index (χ3v) is 5.65. The number of quaternary nitrogens is 1. The Morgan fingerprint density at radius 2 is 1.71 bits per heavy atom. The lowest BCUT2D eigenvalue weighted by Gasteiger charge is -2.22. The lowest BCUT2D eigenvalue weighted by Crippen LogP contribution is -3.00. The molecule has 3 rings (SSSR count). The van der Waals surface area contributed by atoms with Gasteiger partial charge in [-0.1, -0.05) is 36.0 Å². The quantitative estimate of drug-likeness (QED) is 0.213. The number of hydrogen-bond donors (Lipinski definition) is 0. The highest BCUT2D eigenvalue weighted by Crippen LogP contribution is 2.44. The maximum absolute atomic E-state index is 2.27. The molecule has 6 heteroatoms. The zero-order valence-electron chi connectivity index (χ0n) is 17.0. The van der Waals surface area contributed by atoms with Crippen LogP contribution in [0, 0.1) is 0 Å². The average molecular weight is 621 g/mol. The van der Waals surface area contributed by atoms with Crippen molar-refractivity contribution in [1.82, 2.24) is 0 Å². The Hall–Kier alpha value is -0.580. The van der Waals surface area contributed by atoms with E-state index in [0.29, 0.717) is 0 Å². The second-order valence-electron chi connectivity index (χ2n) is 7.73. The van der Waals surface area contributed by atoms with E-state index in [-0.39, 0.29) is 48.0 Å². The highest BCUT2D eigenvalue weighted by Gasteiger charge is 2.20. The number of pyridine rings is 1. The van der Waals surface area contributed by atoms with Crippen LogP contribution in [0.15, 0.2) is 70.9 Å². The Balaban J connectivity index is 0.00000196. The van der Waals surface area contributed by atoms with Gasteiger partial charge in [-0.25, -0.2) is 4.57 Å². The molecule has 0 unspecified atom stereocenters. The Bertz CT molecular complexity index is 811. The first kappa shape index (κ1) is 25.5. The minimum atomic E-state index is 0. The summed E-state index contributed by atoms with van der Waals surface area (Å²) in [5, 5.41) is 1.26. The third-order valence-electron chi connectivity index (χ3n) is 4.46. The van der Waals surface area contributed by atoms with Crippen molar-refractivity contribution in [2.24, 2.45) is 0 Å². The molecule has 3 nitrogen and oxygen atoms in total. The topological polar surface area (TPSA) is 7.12 Å². The fourth-order valence-electron chi connectivity index (χ4n) is 2.96. The summed E-state index contributed by atoms with van der Waals surface area (Å²) in [6.45, 7) is 2.26. The average Bonchev–Trinajstić information content (AvgIpc) is 2.92. The van der Waals surface area contributed by atoms with Crippen molar-refractivity contribution in [3.05, 3.63) is 71.5 Å². The molecule has 0 amide bonds. The molecule has 0 saturated heterocycles. The fourth-order valence-corrected chi connectivity index (χ4v) is 4.03. The highest BCUT2D eigenvalue weighted by molar-refractivity contribution is 8.03. The molecule has 0 fully saturated rings. The predicted molar refractivity (Wildman–Crippen MR) is 112 cm³/mol. The standard InChI is InChI=1S/C22H29N3S.2HI/c1-23-20-10-5-6-11-21(20)26-22(23)12-7-9-19-13-16-24(17-14-19)15-8-18-25(2,3)4;;/h5-7,9-14,16-17H,8,15,18H2,1-4H3;2*1H/q+2;;/p-2. The minimum Gasteiger partial charge on any atom is -1.00 e. The van der Waals surface area contributed by atoms with Gasteiger partial charge in [0.05, 0.1) is 44.8 Å². The number of aromatic nitrogens is 1. The van der Waals surface area contributed by atoms with Gasteiger partial charge in [0.25, 0.3) is 0 Å². The van der Waals surface area contributed by atoms with Gasteiger partial charge in [-0.3, -0.25) is 0 Å². The SMILES string of the molecule is CN1/C(=C\C=C\c2cc[n+](CCC[N+](C)(C)C)cc2)Sc2ccccc21.[I-].[I-]. The Kier molecular flexibility index (Phi) is 10.5. The van der Waals surface area contributed by atoms with E-state index in [1.165, 1.54) is 34.1 Å². The Morgan fingerprint density at radius 3 is 2.36 bits per heavy atom. The molecule has 0 spiro atoms. The van der Waals surface area contributed by atoms with Gasteiger partial charge < -0.3 is 57.3 Å². The molecule has 28 heavy (non-hydrogen) atoms. The number of benzene rings is 1. The van der Waals surface area contributed by atoms with E-state index in [1.807, 2.05) is 11.8 Å². The molecule has 0 bridgehead atoms. The van der Waals surface area contributed by atoms with Crippen molar-refractivity contribution >= 4 is 23.5 Å². The van der Waals surface area contributed by atoms with Crippen LogP contribution in [0.4, 0.5) is 5.69 Å². The van der Waals surface area contributed by atoms with Crippen LogP contribution < -0.4 is 57.4 Å². The van der Waals surface area contributed by atoms with E-state index in [1.54, 1.807) is 0 Å². The first-order valence-electron chi connectivity index (χ1n) is 9.11. The van der Waals surface area contributed by atoms with Crippen LogP contribution in [0.5, 0.6) is 0 Å². The molecule has 1 aromatic carbocycles. The molecule has 2 heterocycles. The number of halogens is 2. The van der Waals surface area contributed by atoms with Gasteiger partial charge >= 0.3 is 0 Å². The number of para-hydroxylation sites is 1. The van der Waals surface area contributed by atoms with Crippen LogP contribution in [-0.2, 0) is 6.54 Å².